The first-order valence-corrected chi connectivity index (χ1v) is 8.66. The first-order chi connectivity index (χ1) is 12.5. The highest BCUT2D eigenvalue weighted by Crippen LogP contribution is 2.20. The Hall–Kier alpha value is -2.88. The van der Waals surface area contributed by atoms with Crippen LogP contribution >= 0.6 is 0 Å². The molecule has 0 aliphatic heterocycles. The number of nitrogens with zero attached hydrogens (tertiary/aromatic N) is 2. The van der Waals surface area contributed by atoms with Crippen molar-refractivity contribution in [3.05, 3.63) is 94.6 Å². The largest absolute Gasteiger partial charge is 0.336 e. The lowest BCUT2D eigenvalue weighted by molar-refractivity contribution is 0.0774. The van der Waals surface area contributed by atoms with Gasteiger partial charge < -0.3 is 9.47 Å². The van der Waals surface area contributed by atoms with Crippen LogP contribution in [0.3, 0.4) is 0 Å². The van der Waals surface area contributed by atoms with Crippen molar-refractivity contribution in [2.45, 2.75) is 26.9 Å². The van der Waals surface area contributed by atoms with Gasteiger partial charge in [0.1, 0.15) is 11.5 Å². The zero-order chi connectivity index (χ0) is 18.7. The van der Waals surface area contributed by atoms with Crippen LogP contribution in [-0.2, 0) is 13.1 Å². The van der Waals surface area contributed by atoms with E-state index in [1.807, 2.05) is 67.9 Å². The zero-order valence-electron chi connectivity index (χ0n) is 15.4. The van der Waals surface area contributed by atoms with Crippen molar-refractivity contribution in [3.8, 4) is 0 Å². The minimum atomic E-state index is -0.266. The maximum absolute atomic E-state index is 13.5. The van der Waals surface area contributed by atoms with Gasteiger partial charge >= 0.3 is 0 Å². The van der Waals surface area contributed by atoms with Crippen LogP contribution in [0.25, 0.3) is 0 Å². The zero-order valence-corrected chi connectivity index (χ0v) is 15.4. The second-order valence-electron chi connectivity index (χ2n) is 6.68. The number of halogens is 1. The van der Waals surface area contributed by atoms with Gasteiger partial charge in [0, 0.05) is 25.8 Å². The van der Waals surface area contributed by atoms with E-state index in [0.29, 0.717) is 18.8 Å². The quantitative estimate of drug-likeness (QED) is 0.662. The molecule has 0 aliphatic rings. The molecule has 0 aliphatic carbocycles. The highest BCUT2D eigenvalue weighted by atomic mass is 19.1. The number of hydrogen-bond acceptors (Lipinski definition) is 1. The van der Waals surface area contributed by atoms with Crippen molar-refractivity contribution in [3.63, 3.8) is 0 Å². The number of hydrogen-bond donors (Lipinski definition) is 0. The predicted molar refractivity (Wildman–Crippen MR) is 102 cm³/mol. The Morgan fingerprint density at radius 1 is 1.00 bits per heavy atom. The van der Waals surface area contributed by atoms with E-state index < -0.39 is 0 Å². The van der Waals surface area contributed by atoms with E-state index in [4.69, 9.17) is 0 Å². The summed E-state index contributed by atoms with van der Waals surface area (Å²) in [4.78, 5) is 14.8. The summed E-state index contributed by atoms with van der Waals surface area (Å²) >= 11 is 0. The second-order valence-corrected chi connectivity index (χ2v) is 6.68. The van der Waals surface area contributed by atoms with Crippen LogP contribution in [0.4, 0.5) is 4.39 Å². The highest BCUT2D eigenvalue weighted by molar-refractivity contribution is 5.94. The molecule has 26 heavy (non-hydrogen) atoms. The van der Waals surface area contributed by atoms with Gasteiger partial charge in [0.15, 0.2) is 0 Å². The predicted octanol–water partition coefficient (Wildman–Crippen LogP) is 4.56. The van der Waals surface area contributed by atoms with E-state index in [0.717, 1.165) is 22.4 Å². The Morgan fingerprint density at radius 3 is 2.38 bits per heavy atom. The van der Waals surface area contributed by atoms with Crippen LogP contribution in [0.15, 0.2) is 60.7 Å². The molecule has 0 N–H and O–H groups in total. The molecular formula is C22H23FN2O. The fourth-order valence-electron chi connectivity index (χ4n) is 3.26. The molecule has 3 aromatic rings. The molecule has 0 radical (unpaired) electrons. The molecule has 3 nitrogen and oxygen atoms in total. The molecule has 0 saturated heterocycles. The average Bonchev–Trinajstić information content (AvgIpc) is 2.88. The third-order valence-corrected chi connectivity index (χ3v) is 4.54. The summed E-state index contributed by atoms with van der Waals surface area (Å²) in [7, 11) is 1.81. The van der Waals surface area contributed by atoms with Gasteiger partial charge in [-0.2, -0.15) is 0 Å². The van der Waals surface area contributed by atoms with Crippen LogP contribution in [0.5, 0.6) is 0 Å². The molecule has 1 amide bonds. The Kier molecular flexibility index (Phi) is 5.21. The molecule has 1 aromatic heterocycles. The standard InChI is InChI=1S/C22H23FN2O/c1-16-12-17(2)25(15-19-10-7-11-20(23)13-19)21(16)22(26)24(3)14-18-8-5-4-6-9-18/h4-13H,14-15H2,1-3H3. The summed E-state index contributed by atoms with van der Waals surface area (Å²) in [5, 5.41) is 0. The third-order valence-electron chi connectivity index (χ3n) is 4.54. The van der Waals surface area contributed by atoms with E-state index in [9.17, 15) is 9.18 Å². The van der Waals surface area contributed by atoms with E-state index in [1.165, 1.54) is 12.1 Å². The van der Waals surface area contributed by atoms with Crippen LogP contribution in [0.1, 0.15) is 32.9 Å². The highest BCUT2D eigenvalue weighted by Gasteiger charge is 2.21. The Balaban J connectivity index is 1.88. The summed E-state index contributed by atoms with van der Waals surface area (Å²) in [5.41, 5.74) is 4.50. The van der Waals surface area contributed by atoms with Gasteiger partial charge in [-0.1, -0.05) is 42.5 Å². The molecule has 134 valence electrons. The third kappa shape index (κ3) is 3.85. The molecule has 0 unspecified atom stereocenters. The Labute approximate surface area is 153 Å². The van der Waals surface area contributed by atoms with Gasteiger partial charge in [-0.05, 0) is 48.7 Å². The lowest BCUT2D eigenvalue weighted by Gasteiger charge is -2.20. The van der Waals surface area contributed by atoms with Gasteiger partial charge in [-0.15, -0.1) is 0 Å². The normalized spacial score (nSPS) is 10.8. The monoisotopic (exact) mass is 350 g/mol. The van der Waals surface area contributed by atoms with E-state index in [1.54, 1.807) is 11.0 Å². The summed E-state index contributed by atoms with van der Waals surface area (Å²) in [6, 6.07) is 18.4. The Morgan fingerprint density at radius 2 is 1.69 bits per heavy atom. The number of amides is 1. The topological polar surface area (TPSA) is 25.2 Å². The molecule has 3 rings (SSSR count). The fraction of sp³-hybridized carbons (Fsp3) is 0.227. The molecule has 0 atom stereocenters. The van der Waals surface area contributed by atoms with Crippen molar-refractivity contribution in [2.75, 3.05) is 7.05 Å². The van der Waals surface area contributed by atoms with Gasteiger partial charge in [0.25, 0.3) is 5.91 Å². The van der Waals surface area contributed by atoms with Gasteiger partial charge in [0.05, 0.1) is 0 Å². The van der Waals surface area contributed by atoms with Crippen molar-refractivity contribution < 1.29 is 9.18 Å². The van der Waals surface area contributed by atoms with Crippen LogP contribution in [0, 0.1) is 19.7 Å². The fourth-order valence-corrected chi connectivity index (χ4v) is 3.26. The maximum Gasteiger partial charge on any atom is 0.270 e. The summed E-state index contributed by atoms with van der Waals surface area (Å²) in [6.45, 7) is 4.93. The molecule has 2 aromatic carbocycles. The van der Waals surface area contributed by atoms with Crippen LogP contribution in [0.2, 0.25) is 0 Å². The summed E-state index contributed by atoms with van der Waals surface area (Å²) in [5.74, 6) is -0.297. The average molecular weight is 350 g/mol. The van der Waals surface area contributed by atoms with Gasteiger partial charge in [0.2, 0.25) is 0 Å². The molecule has 0 bridgehead atoms. The van der Waals surface area contributed by atoms with E-state index in [2.05, 4.69) is 0 Å². The van der Waals surface area contributed by atoms with Gasteiger partial charge in [-0.3, -0.25) is 4.79 Å². The lowest BCUT2D eigenvalue weighted by Crippen LogP contribution is -2.29. The number of benzene rings is 2. The molecule has 1 heterocycles. The van der Waals surface area contributed by atoms with Gasteiger partial charge in [-0.25, -0.2) is 4.39 Å². The smallest absolute Gasteiger partial charge is 0.270 e. The first-order valence-electron chi connectivity index (χ1n) is 8.66. The van der Waals surface area contributed by atoms with Crippen LogP contribution < -0.4 is 0 Å². The van der Waals surface area contributed by atoms with Crippen molar-refractivity contribution in [1.29, 1.82) is 0 Å². The van der Waals surface area contributed by atoms with Crippen LogP contribution in [-0.4, -0.2) is 22.4 Å². The number of aromatic nitrogens is 1. The van der Waals surface area contributed by atoms with E-state index >= 15 is 0 Å². The molecular weight excluding hydrogens is 327 g/mol. The first kappa shape index (κ1) is 17.9. The maximum atomic E-state index is 13.5. The number of carbonyl (C=O) groups is 1. The summed E-state index contributed by atoms with van der Waals surface area (Å²) in [6.07, 6.45) is 0. The number of aryl methyl sites for hydroxylation is 2. The van der Waals surface area contributed by atoms with E-state index in [-0.39, 0.29) is 11.7 Å². The SMILES string of the molecule is Cc1cc(C)n(Cc2cccc(F)c2)c1C(=O)N(C)Cc1ccccc1. The molecule has 4 heteroatoms. The molecule has 0 saturated carbocycles. The minimum Gasteiger partial charge on any atom is -0.336 e. The molecule has 0 fully saturated rings. The van der Waals surface area contributed by atoms with Crippen molar-refractivity contribution in [1.82, 2.24) is 9.47 Å². The van der Waals surface area contributed by atoms with Crippen molar-refractivity contribution in [2.24, 2.45) is 0 Å². The Bertz CT molecular complexity index is 915. The lowest BCUT2D eigenvalue weighted by atomic mass is 10.2. The summed E-state index contributed by atoms with van der Waals surface area (Å²) < 4.78 is 15.5. The second kappa shape index (κ2) is 7.56. The number of carbonyl (C=O) groups excluding carboxylic acids is 1. The number of rotatable bonds is 5. The molecule has 0 spiro atoms. The minimum absolute atomic E-state index is 0.0316. The van der Waals surface area contributed by atoms with Crippen molar-refractivity contribution >= 4 is 5.91 Å².